The van der Waals surface area contributed by atoms with Gasteiger partial charge in [0, 0.05) is 24.3 Å². The fourth-order valence-corrected chi connectivity index (χ4v) is 4.03. The van der Waals surface area contributed by atoms with Crippen LogP contribution in [-0.2, 0) is 38.9 Å². The summed E-state index contributed by atoms with van der Waals surface area (Å²) in [6.07, 6.45) is 2.22. The molecule has 0 radical (unpaired) electrons. The molecule has 0 aliphatic carbocycles. The largest absolute Gasteiger partial charge is 0.495 e. The molecule has 4 rings (SSSR count). The molecule has 6 nitrogen and oxygen atoms in total. The molecule has 1 aliphatic heterocycles. The summed E-state index contributed by atoms with van der Waals surface area (Å²) in [5.41, 5.74) is 3.04. The lowest BCUT2D eigenvalue weighted by atomic mass is 9.76. The van der Waals surface area contributed by atoms with Gasteiger partial charge in [-0.2, -0.15) is 0 Å². The van der Waals surface area contributed by atoms with Crippen LogP contribution in [0.15, 0.2) is 48.7 Å². The van der Waals surface area contributed by atoms with Crippen LogP contribution in [0.2, 0.25) is 0 Å². The number of hydrogen-bond acceptors (Lipinski definition) is 5. The van der Waals surface area contributed by atoms with Gasteiger partial charge in [-0.15, -0.1) is 0 Å². The number of para-hydroxylation sites is 1. The molecule has 1 aromatic heterocycles. The van der Waals surface area contributed by atoms with Crippen LogP contribution in [-0.4, -0.2) is 35.5 Å². The minimum absolute atomic E-state index is 0.181. The smallest absolute Gasteiger partial charge is 0.489 e. The van der Waals surface area contributed by atoms with E-state index in [2.05, 4.69) is 50.5 Å². The second kappa shape index (κ2) is 8.88. The fourth-order valence-electron chi connectivity index (χ4n) is 4.03. The normalized spacial score (nSPS) is 16.8. The summed E-state index contributed by atoms with van der Waals surface area (Å²) >= 11 is 0. The molecular formula is C26H32BNO5. The zero-order valence-electron chi connectivity index (χ0n) is 20.3. The SMILES string of the molecule is CCOC(=O)Cc1ccccc1OCc1cc(B2OC(C)(C)C(C)(C)O2)c2ccn(C)c2c1. The van der Waals surface area contributed by atoms with E-state index in [-0.39, 0.29) is 12.4 Å². The van der Waals surface area contributed by atoms with E-state index in [4.69, 9.17) is 18.8 Å². The maximum absolute atomic E-state index is 12.0. The van der Waals surface area contributed by atoms with Crippen molar-refractivity contribution in [2.45, 2.75) is 58.8 Å². The van der Waals surface area contributed by atoms with Crippen molar-refractivity contribution in [1.29, 1.82) is 0 Å². The number of aromatic nitrogens is 1. The van der Waals surface area contributed by atoms with Crippen LogP contribution < -0.4 is 10.2 Å². The topological polar surface area (TPSA) is 58.9 Å². The van der Waals surface area contributed by atoms with Crippen LogP contribution in [0.4, 0.5) is 0 Å². The summed E-state index contributed by atoms with van der Waals surface area (Å²) in [5.74, 6) is 0.413. The zero-order chi connectivity index (χ0) is 23.8. The summed E-state index contributed by atoms with van der Waals surface area (Å²) in [7, 11) is 1.56. The minimum Gasteiger partial charge on any atom is -0.489 e. The number of carbonyl (C=O) groups excluding carboxylic acids is 1. The molecule has 174 valence electrons. The first kappa shape index (κ1) is 23.4. The van der Waals surface area contributed by atoms with Gasteiger partial charge in [0.25, 0.3) is 0 Å². The van der Waals surface area contributed by atoms with Gasteiger partial charge >= 0.3 is 13.1 Å². The quantitative estimate of drug-likeness (QED) is 0.401. The van der Waals surface area contributed by atoms with E-state index in [1.54, 1.807) is 6.92 Å². The van der Waals surface area contributed by atoms with Gasteiger partial charge in [0.2, 0.25) is 0 Å². The van der Waals surface area contributed by atoms with Crippen LogP contribution in [0, 0.1) is 0 Å². The van der Waals surface area contributed by atoms with Crippen LogP contribution in [0.1, 0.15) is 45.7 Å². The first-order valence-electron chi connectivity index (χ1n) is 11.4. The molecule has 0 spiro atoms. The van der Waals surface area contributed by atoms with Gasteiger partial charge < -0.3 is 23.3 Å². The van der Waals surface area contributed by atoms with Gasteiger partial charge in [0.1, 0.15) is 12.4 Å². The average molecular weight is 449 g/mol. The fraction of sp³-hybridized carbons (Fsp3) is 0.423. The lowest BCUT2D eigenvalue weighted by Gasteiger charge is -2.32. The van der Waals surface area contributed by atoms with E-state index in [1.165, 1.54) is 0 Å². The number of fused-ring (bicyclic) bond motifs is 1. The second-order valence-electron chi connectivity index (χ2n) is 9.51. The maximum Gasteiger partial charge on any atom is 0.495 e. The lowest BCUT2D eigenvalue weighted by molar-refractivity contribution is -0.142. The first-order valence-corrected chi connectivity index (χ1v) is 11.4. The van der Waals surface area contributed by atoms with E-state index in [9.17, 15) is 4.79 Å². The van der Waals surface area contributed by atoms with Crippen molar-refractivity contribution >= 4 is 29.5 Å². The summed E-state index contributed by atoms with van der Waals surface area (Å²) in [6.45, 7) is 10.8. The van der Waals surface area contributed by atoms with E-state index in [0.29, 0.717) is 19.0 Å². The summed E-state index contributed by atoms with van der Waals surface area (Å²) < 4.78 is 26.0. The molecular weight excluding hydrogens is 417 g/mol. The van der Waals surface area contributed by atoms with Crippen LogP contribution in [0.5, 0.6) is 5.75 Å². The van der Waals surface area contributed by atoms with Crippen LogP contribution in [0.25, 0.3) is 10.9 Å². The molecule has 0 saturated carbocycles. The highest BCUT2D eigenvalue weighted by atomic mass is 16.7. The minimum atomic E-state index is -0.462. The molecule has 7 heteroatoms. The van der Waals surface area contributed by atoms with Crippen molar-refractivity contribution < 1.29 is 23.6 Å². The molecule has 0 bridgehead atoms. The Morgan fingerprint density at radius 2 is 1.76 bits per heavy atom. The van der Waals surface area contributed by atoms with Gasteiger partial charge in [-0.05, 0) is 69.2 Å². The molecule has 1 saturated heterocycles. The van der Waals surface area contributed by atoms with Crippen LogP contribution >= 0.6 is 0 Å². The maximum atomic E-state index is 12.0. The Bertz CT molecular complexity index is 1150. The summed E-state index contributed by atoms with van der Waals surface area (Å²) in [4.78, 5) is 12.0. The van der Waals surface area contributed by atoms with Gasteiger partial charge in [-0.3, -0.25) is 4.79 Å². The Morgan fingerprint density at radius 1 is 1.06 bits per heavy atom. The third-order valence-electron chi connectivity index (χ3n) is 6.61. The van der Waals surface area contributed by atoms with Crippen molar-refractivity contribution in [3.05, 3.63) is 59.8 Å². The van der Waals surface area contributed by atoms with Crippen molar-refractivity contribution in [3.8, 4) is 5.75 Å². The molecule has 3 aromatic rings. The Hall–Kier alpha value is -2.77. The number of benzene rings is 2. The van der Waals surface area contributed by atoms with Gasteiger partial charge in [-0.1, -0.05) is 24.3 Å². The highest BCUT2D eigenvalue weighted by Gasteiger charge is 2.52. The Balaban J connectivity index is 1.62. The molecule has 0 unspecified atom stereocenters. The third kappa shape index (κ3) is 4.66. The van der Waals surface area contributed by atoms with Crippen molar-refractivity contribution in [2.24, 2.45) is 7.05 Å². The number of nitrogens with zero attached hydrogens (tertiary/aromatic N) is 1. The Kier molecular flexibility index (Phi) is 6.29. The van der Waals surface area contributed by atoms with E-state index in [0.717, 1.165) is 27.5 Å². The van der Waals surface area contributed by atoms with Gasteiger partial charge in [0.15, 0.2) is 0 Å². The number of esters is 1. The standard InChI is InChI=1S/C26H32BNO5/c1-7-30-24(29)16-19-10-8-9-11-23(19)31-17-18-14-21(20-12-13-28(6)22(20)15-18)27-32-25(2,3)26(4,5)33-27/h8-15H,7,16-17H2,1-6H3. The van der Waals surface area contributed by atoms with Crippen LogP contribution in [0.3, 0.4) is 0 Å². The van der Waals surface area contributed by atoms with E-state index in [1.807, 2.05) is 37.5 Å². The lowest BCUT2D eigenvalue weighted by Crippen LogP contribution is -2.41. The number of ether oxygens (including phenoxy) is 2. The van der Waals surface area contributed by atoms with E-state index < -0.39 is 18.3 Å². The number of carbonyl (C=O) groups is 1. The molecule has 33 heavy (non-hydrogen) atoms. The Morgan fingerprint density at radius 3 is 2.45 bits per heavy atom. The molecule has 1 aliphatic rings. The second-order valence-corrected chi connectivity index (χ2v) is 9.51. The van der Waals surface area contributed by atoms with Gasteiger partial charge in [0.05, 0.1) is 24.2 Å². The van der Waals surface area contributed by atoms with Crippen molar-refractivity contribution in [3.63, 3.8) is 0 Å². The molecule has 2 aromatic carbocycles. The summed E-state index contributed by atoms with van der Waals surface area (Å²) in [5, 5.41) is 1.10. The van der Waals surface area contributed by atoms with Crippen molar-refractivity contribution in [1.82, 2.24) is 4.57 Å². The molecule has 0 N–H and O–H groups in total. The predicted molar refractivity (Wildman–Crippen MR) is 130 cm³/mol. The predicted octanol–water partition coefficient (Wildman–Crippen LogP) is 4.16. The zero-order valence-corrected chi connectivity index (χ0v) is 20.3. The molecule has 0 amide bonds. The number of aryl methyl sites for hydroxylation is 1. The third-order valence-corrected chi connectivity index (χ3v) is 6.61. The highest BCUT2D eigenvalue weighted by molar-refractivity contribution is 6.65. The number of rotatable bonds is 7. The van der Waals surface area contributed by atoms with Gasteiger partial charge in [-0.25, -0.2) is 0 Å². The van der Waals surface area contributed by atoms with Crippen molar-refractivity contribution in [2.75, 3.05) is 6.61 Å². The molecule has 1 fully saturated rings. The summed E-state index contributed by atoms with van der Waals surface area (Å²) in [6, 6.07) is 13.9. The number of hydrogen-bond donors (Lipinski definition) is 0. The average Bonchev–Trinajstić information content (AvgIpc) is 3.22. The highest BCUT2D eigenvalue weighted by Crippen LogP contribution is 2.37. The first-order chi connectivity index (χ1) is 15.6. The monoisotopic (exact) mass is 449 g/mol. The molecule has 0 atom stereocenters. The van der Waals surface area contributed by atoms with E-state index >= 15 is 0 Å². The molecule has 2 heterocycles. The Labute approximate surface area is 195 Å².